The fourth-order valence-corrected chi connectivity index (χ4v) is 2.96. The van der Waals surface area contributed by atoms with Crippen LogP contribution in [0.4, 0.5) is 5.69 Å². The van der Waals surface area contributed by atoms with Gasteiger partial charge in [0, 0.05) is 31.4 Å². The molecule has 2 aliphatic rings. The summed E-state index contributed by atoms with van der Waals surface area (Å²) in [6.45, 7) is 4.82. The lowest BCUT2D eigenvalue weighted by Gasteiger charge is -2.26. The smallest absolute Gasteiger partial charge is 0.238 e. The second-order valence-electron chi connectivity index (χ2n) is 7.15. The van der Waals surface area contributed by atoms with Gasteiger partial charge in [-0.3, -0.25) is 19.4 Å². The Morgan fingerprint density at radius 2 is 1.77 bits per heavy atom. The summed E-state index contributed by atoms with van der Waals surface area (Å²) in [5, 5.41) is 5.81. The van der Waals surface area contributed by atoms with Gasteiger partial charge in [0.2, 0.25) is 11.8 Å². The Morgan fingerprint density at radius 3 is 2.42 bits per heavy atom. The zero-order valence-corrected chi connectivity index (χ0v) is 15.4. The number of anilines is 1. The molecule has 0 bridgehead atoms. The van der Waals surface area contributed by atoms with Crippen molar-refractivity contribution in [3.8, 4) is 0 Å². The van der Waals surface area contributed by atoms with E-state index in [9.17, 15) is 9.59 Å². The topological polar surface area (TPSA) is 73.9 Å². The Kier molecular flexibility index (Phi) is 6.60. The minimum atomic E-state index is -0.118. The van der Waals surface area contributed by atoms with Crippen molar-refractivity contribution < 1.29 is 14.3 Å². The fourth-order valence-electron chi connectivity index (χ4n) is 2.96. The van der Waals surface area contributed by atoms with Crippen molar-refractivity contribution in [3.63, 3.8) is 0 Å². The van der Waals surface area contributed by atoms with E-state index in [0.717, 1.165) is 51.4 Å². The van der Waals surface area contributed by atoms with E-state index in [1.165, 1.54) is 5.56 Å². The summed E-state index contributed by atoms with van der Waals surface area (Å²) in [5.41, 5.74) is 2.00. The van der Waals surface area contributed by atoms with Gasteiger partial charge in [-0.2, -0.15) is 0 Å². The summed E-state index contributed by atoms with van der Waals surface area (Å²) in [7, 11) is 1.78. The van der Waals surface area contributed by atoms with Crippen molar-refractivity contribution in [1.82, 2.24) is 15.1 Å². The number of hydrogen-bond donors (Lipinski definition) is 2. The highest BCUT2D eigenvalue weighted by Crippen LogP contribution is 2.18. The molecule has 1 heterocycles. The number of ether oxygens (including phenoxy) is 1. The van der Waals surface area contributed by atoms with Gasteiger partial charge in [0.25, 0.3) is 0 Å². The van der Waals surface area contributed by atoms with Gasteiger partial charge in [-0.1, -0.05) is 12.1 Å². The molecule has 2 N–H and O–H groups in total. The molecule has 26 heavy (non-hydrogen) atoms. The molecule has 7 nitrogen and oxygen atoms in total. The van der Waals surface area contributed by atoms with E-state index in [1.807, 2.05) is 24.3 Å². The Labute approximate surface area is 154 Å². The third-order valence-electron chi connectivity index (χ3n) is 4.52. The number of nitrogens with zero attached hydrogens (tertiary/aromatic N) is 2. The highest BCUT2D eigenvalue weighted by atomic mass is 16.5. The lowest BCUT2D eigenvalue weighted by atomic mass is 10.2. The van der Waals surface area contributed by atoms with E-state index in [2.05, 4.69) is 15.5 Å². The van der Waals surface area contributed by atoms with E-state index in [-0.39, 0.29) is 24.9 Å². The maximum atomic E-state index is 12.1. The van der Waals surface area contributed by atoms with Crippen LogP contribution in [0.25, 0.3) is 0 Å². The molecule has 1 aliphatic carbocycles. The SMILES string of the molecule is CN(CC(=O)Nc1ccc(CN2CCOCC2)cc1)CC(=O)NC1CC1. The summed E-state index contributed by atoms with van der Waals surface area (Å²) in [6.07, 6.45) is 2.13. The van der Waals surface area contributed by atoms with E-state index < -0.39 is 0 Å². The van der Waals surface area contributed by atoms with Crippen molar-refractivity contribution in [1.29, 1.82) is 0 Å². The highest BCUT2D eigenvalue weighted by Gasteiger charge is 2.23. The minimum absolute atomic E-state index is 0.0183. The predicted molar refractivity (Wildman–Crippen MR) is 99.8 cm³/mol. The predicted octanol–water partition coefficient (Wildman–Crippen LogP) is 0.668. The van der Waals surface area contributed by atoms with Crippen LogP contribution in [0.15, 0.2) is 24.3 Å². The van der Waals surface area contributed by atoms with Crippen molar-refractivity contribution in [2.24, 2.45) is 0 Å². The number of morpholine rings is 1. The summed E-state index contributed by atoms with van der Waals surface area (Å²) in [4.78, 5) is 28.0. The summed E-state index contributed by atoms with van der Waals surface area (Å²) < 4.78 is 5.36. The number of benzene rings is 1. The van der Waals surface area contributed by atoms with Crippen LogP contribution in [0.3, 0.4) is 0 Å². The number of amides is 2. The van der Waals surface area contributed by atoms with Gasteiger partial charge < -0.3 is 15.4 Å². The van der Waals surface area contributed by atoms with Crippen molar-refractivity contribution in [2.75, 3.05) is 51.8 Å². The van der Waals surface area contributed by atoms with Crippen LogP contribution in [0.2, 0.25) is 0 Å². The first kappa shape index (κ1) is 18.8. The maximum absolute atomic E-state index is 12.1. The minimum Gasteiger partial charge on any atom is -0.379 e. The van der Waals surface area contributed by atoms with Gasteiger partial charge in [0.1, 0.15) is 0 Å². The maximum Gasteiger partial charge on any atom is 0.238 e. The summed E-state index contributed by atoms with van der Waals surface area (Å²) in [6, 6.07) is 8.28. The standard InChI is InChI=1S/C19H28N4O3/c1-22(14-19(25)21-17-6-7-17)13-18(24)20-16-4-2-15(3-5-16)12-23-8-10-26-11-9-23/h2-5,17H,6-14H2,1H3,(H,20,24)(H,21,25). The van der Waals surface area contributed by atoms with Crippen LogP contribution in [-0.2, 0) is 20.9 Å². The lowest BCUT2D eigenvalue weighted by Crippen LogP contribution is -2.39. The van der Waals surface area contributed by atoms with E-state index >= 15 is 0 Å². The van der Waals surface area contributed by atoms with Crippen LogP contribution in [0.5, 0.6) is 0 Å². The molecular weight excluding hydrogens is 332 g/mol. The molecule has 7 heteroatoms. The molecule has 142 valence electrons. The molecule has 0 radical (unpaired) electrons. The monoisotopic (exact) mass is 360 g/mol. The Morgan fingerprint density at radius 1 is 1.12 bits per heavy atom. The molecule has 0 atom stereocenters. The van der Waals surface area contributed by atoms with Crippen LogP contribution in [-0.4, -0.2) is 74.1 Å². The third-order valence-corrected chi connectivity index (χ3v) is 4.52. The largest absolute Gasteiger partial charge is 0.379 e. The zero-order chi connectivity index (χ0) is 18.4. The van der Waals surface area contributed by atoms with Crippen molar-refractivity contribution in [3.05, 3.63) is 29.8 Å². The molecule has 3 rings (SSSR count). The van der Waals surface area contributed by atoms with Crippen LogP contribution in [0, 0.1) is 0 Å². The van der Waals surface area contributed by atoms with E-state index in [0.29, 0.717) is 6.04 Å². The van der Waals surface area contributed by atoms with Gasteiger partial charge in [0.15, 0.2) is 0 Å². The molecule has 0 spiro atoms. The molecule has 0 aromatic heterocycles. The van der Waals surface area contributed by atoms with Gasteiger partial charge in [-0.05, 0) is 37.6 Å². The molecular formula is C19H28N4O3. The number of likely N-dealkylation sites (N-methyl/N-ethyl adjacent to an activating group) is 1. The zero-order valence-electron chi connectivity index (χ0n) is 15.4. The Balaban J connectivity index is 1.39. The van der Waals surface area contributed by atoms with Gasteiger partial charge in [0.05, 0.1) is 26.3 Å². The number of hydrogen-bond acceptors (Lipinski definition) is 5. The van der Waals surface area contributed by atoms with Crippen molar-refractivity contribution >= 4 is 17.5 Å². The van der Waals surface area contributed by atoms with Crippen molar-refractivity contribution in [2.45, 2.75) is 25.4 Å². The molecule has 1 aromatic rings. The number of rotatable bonds is 8. The Bertz CT molecular complexity index is 610. The van der Waals surface area contributed by atoms with Gasteiger partial charge in [-0.25, -0.2) is 0 Å². The number of carbonyl (C=O) groups is 2. The molecule has 2 fully saturated rings. The average Bonchev–Trinajstić information content (AvgIpc) is 3.41. The normalized spacial score (nSPS) is 17.9. The molecule has 2 amide bonds. The lowest BCUT2D eigenvalue weighted by molar-refractivity contribution is -0.123. The van der Waals surface area contributed by atoms with E-state index in [4.69, 9.17) is 4.74 Å². The molecule has 1 saturated heterocycles. The second-order valence-corrected chi connectivity index (χ2v) is 7.15. The van der Waals surface area contributed by atoms with Crippen LogP contribution in [0.1, 0.15) is 18.4 Å². The first-order chi connectivity index (χ1) is 12.6. The van der Waals surface area contributed by atoms with Crippen LogP contribution >= 0.6 is 0 Å². The first-order valence-electron chi connectivity index (χ1n) is 9.25. The van der Waals surface area contributed by atoms with E-state index in [1.54, 1.807) is 11.9 Å². The molecule has 1 aromatic carbocycles. The fraction of sp³-hybridized carbons (Fsp3) is 0.579. The number of carbonyl (C=O) groups excluding carboxylic acids is 2. The van der Waals surface area contributed by atoms with Gasteiger partial charge >= 0.3 is 0 Å². The van der Waals surface area contributed by atoms with Crippen LogP contribution < -0.4 is 10.6 Å². The van der Waals surface area contributed by atoms with Gasteiger partial charge in [-0.15, -0.1) is 0 Å². The number of nitrogens with one attached hydrogen (secondary N) is 2. The molecule has 1 saturated carbocycles. The highest BCUT2D eigenvalue weighted by molar-refractivity contribution is 5.92. The first-order valence-corrected chi connectivity index (χ1v) is 9.25. The quantitative estimate of drug-likeness (QED) is 0.713. The third kappa shape index (κ3) is 6.40. The average molecular weight is 360 g/mol. The Hall–Kier alpha value is -1.96. The summed E-state index contributed by atoms with van der Waals surface area (Å²) >= 11 is 0. The summed E-state index contributed by atoms with van der Waals surface area (Å²) in [5.74, 6) is -0.136. The second kappa shape index (κ2) is 9.12. The molecule has 1 aliphatic heterocycles. The molecule has 0 unspecified atom stereocenters.